The Hall–Kier alpha value is -1.68. The summed E-state index contributed by atoms with van der Waals surface area (Å²) in [5, 5.41) is 4.25. The van der Waals surface area contributed by atoms with Crippen molar-refractivity contribution in [3.63, 3.8) is 0 Å². The standard InChI is InChI=1S/C11H9ClN2O2/c1-7(15)6-10-13-11(16-14-10)8-4-2-3-5-9(8)12/h2-5H,6H2,1H3. The van der Waals surface area contributed by atoms with Gasteiger partial charge in [0.15, 0.2) is 5.82 Å². The zero-order valence-electron chi connectivity index (χ0n) is 8.61. The molecule has 0 saturated carbocycles. The lowest BCUT2D eigenvalue weighted by molar-refractivity contribution is -0.116. The molecule has 1 aromatic heterocycles. The van der Waals surface area contributed by atoms with Crippen LogP contribution in [0.1, 0.15) is 12.7 Å². The van der Waals surface area contributed by atoms with Gasteiger partial charge in [0.2, 0.25) is 0 Å². The normalized spacial score (nSPS) is 10.4. The zero-order valence-corrected chi connectivity index (χ0v) is 9.36. The molecule has 0 N–H and O–H groups in total. The molecule has 16 heavy (non-hydrogen) atoms. The van der Waals surface area contributed by atoms with E-state index in [-0.39, 0.29) is 12.2 Å². The minimum Gasteiger partial charge on any atom is -0.334 e. The quantitative estimate of drug-likeness (QED) is 0.822. The van der Waals surface area contributed by atoms with Crippen LogP contribution >= 0.6 is 11.6 Å². The first-order valence-corrected chi connectivity index (χ1v) is 5.11. The van der Waals surface area contributed by atoms with E-state index in [1.165, 1.54) is 6.92 Å². The van der Waals surface area contributed by atoms with Crippen LogP contribution in [0.4, 0.5) is 0 Å². The highest BCUT2D eigenvalue weighted by Gasteiger charge is 2.12. The van der Waals surface area contributed by atoms with Gasteiger partial charge in [0.05, 0.1) is 17.0 Å². The molecule has 4 nitrogen and oxygen atoms in total. The molecule has 0 amide bonds. The maximum Gasteiger partial charge on any atom is 0.259 e. The van der Waals surface area contributed by atoms with Crippen molar-refractivity contribution in [2.24, 2.45) is 0 Å². The van der Waals surface area contributed by atoms with Crippen LogP contribution in [0.3, 0.4) is 0 Å². The summed E-state index contributed by atoms with van der Waals surface area (Å²) in [6.45, 7) is 1.48. The van der Waals surface area contributed by atoms with Crippen molar-refractivity contribution in [1.29, 1.82) is 0 Å². The first kappa shape index (κ1) is 10.8. The fourth-order valence-corrected chi connectivity index (χ4v) is 1.51. The molecule has 0 saturated heterocycles. The van der Waals surface area contributed by atoms with Crippen LogP contribution in [0.25, 0.3) is 11.5 Å². The Labute approximate surface area is 97.2 Å². The molecule has 1 heterocycles. The van der Waals surface area contributed by atoms with Crippen molar-refractivity contribution in [3.05, 3.63) is 35.1 Å². The highest BCUT2D eigenvalue weighted by molar-refractivity contribution is 6.33. The van der Waals surface area contributed by atoms with Crippen molar-refractivity contribution in [2.45, 2.75) is 13.3 Å². The van der Waals surface area contributed by atoms with Gasteiger partial charge in [-0.1, -0.05) is 28.9 Å². The molecule has 0 spiro atoms. The van der Waals surface area contributed by atoms with Crippen LogP contribution in [-0.4, -0.2) is 15.9 Å². The summed E-state index contributed by atoms with van der Waals surface area (Å²) in [6.07, 6.45) is 0.175. The van der Waals surface area contributed by atoms with E-state index in [1.54, 1.807) is 12.1 Å². The van der Waals surface area contributed by atoms with Gasteiger partial charge in [-0.05, 0) is 19.1 Å². The number of rotatable bonds is 3. The molecule has 1 aromatic carbocycles. The first-order chi connectivity index (χ1) is 7.66. The van der Waals surface area contributed by atoms with Crippen molar-refractivity contribution in [3.8, 4) is 11.5 Å². The molecular formula is C11H9ClN2O2. The Morgan fingerprint density at radius 1 is 1.44 bits per heavy atom. The van der Waals surface area contributed by atoms with Crippen LogP contribution in [0.5, 0.6) is 0 Å². The molecule has 0 fully saturated rings. The maximum absolute atomic E-state index is 10.9. The Kier molecular flexibility index (Phi) is 3.01. The predicted molar refractivity (Wildman–Crippen MR) is 59.1 cm³/mol. The molecule has 0 aliphatic rings. The minimum absolute atomic E-state index is 0.00786. The molecule has 0 bridgehead atoms. The van der Waals surface area contributed by atoms with Gasteiger partial charge in [0, 0.05) is 0 Å². The summed E-state index contributed by atoms with van der Waals surface area (Å²) in [7, 11) is 0. The zero-order chi connectivity index (χ0) is 11.5. The summed E-state index contributed by atoms with van der Waals surface area (Å²) in [6, 6.07) is 7.17. The Bertz CT molecular complexity index is 522. The molecule has 5 heteroatoms. The maximum atomic E-state index is 10.9. The van der Waals surface area contributed by atoms with E-state index in [2.05, 4.69) is 10.1 Å². The largest absolute Gasteiger partial charge is 0.334 e. The second kappa shape index (κ2) is 4.45. The third kappa shape index (κ3) is 2.28. The molecule has 2 rings (SSSR count). The van der Waals surface area contributed by atoms with Crippen LogP contribution in [0.15, 0.2) is 28.8 Å². The second-order valence-electron chi connectivity index (χ2n) is 3.37. The molecule has 0 radical (unpaired) electrons. The first-order valence-electron chi connectivity index (χ1n) is 4.74. The van der Waals surface area contributed by atoms with Gasteiger partial charge in [-0.25, -0.2) is 0 Å². The third-order valence-electron chi connectivity index (χ3n) is 1.98. The van der Waals surface area contributed by atoms with Crippen molar-refractivity contribution in [2.75, 3.05) is 0 Å². The average Bonchev–Trinajstić information content (AvgIpc) is 2.66. The van der Waals surface area contributed by atoms with Gasteiger partial charge < -0.3 is 4.52 Å². The van der Waals surface area contributed by atoms with E-state index in [0.29, 0.717) is 22.3 Å². The summed E-state index contributed by atoms with van der Waals surface area (Å²) >= 11 is 5.98. The summed E-state index contributed by atoms with van der Waals surface area (Å²) < 4.78 is 5.03. The van der Waals surface area contributed by atoms with Crippen LogP contribution in [0, 0.1) is 0 Å². The summed E-state index contributed by atoms with van der Waals surface area (Å²) in [5.41, 5.74) is 0.673. The fraction of sp³-hybridized carbons (Fsp3) is 0.182. The molecule has 0 aliphatic carbocycles. The molecule has 0 aliphatic heterocycles. The Morgan fingerprint density at radius 2 is 2.19 bits per heavy atom. The number of hydrogen-bond donors (Lipinski definition) is 0. The van der Waals surface area contributed by atoms with E-state index in [4.69, 9.17) is 16.1 Å². The van der Waals surface area contributed by atoms with E-state index in [1.807, 2.05) is 12.1 Å². The van der Waals surface area contributed by atoms with Crippen molar-refractivity contribution < 1.29 is 9.32 Å². The number of halogens is 1. The van der Waals surface area contributed by atoms with Crippen LogP contribution < -0.4 is 0 Å². The third-order valence-corrected chi connectivity index (χ3v) is 2.31. The number of carbonyl (C=O) groups excluding carboxylic acids is 1. The number of nitrogens with zero attached hydrogens (tertiary/aromatic N) is 2. The average molecular weight is 237 g/mol. The molecule has 2 aromatic rings. The minimum atomic E-state index is -0.00786. The van der Waals surface area contributed by atoms with Crippen LogP contribution in [0.2, 0.25) is 5.02 Å². The topological polar surface area (TPSA) is 56.0 Å². The summed E-state index contributed by atoms with van der Waals surface area (Å²) in [4.78, 5) is 15.0. The number of Topliss-reactive ketones (excluding diaryl/α,β-unsaturated/α-hetero) is 1. The van der Waals surface area contributed by atoms with Gasteiger partial charge in [-0.3, -0.25) is 4.79 Å². The predicted octanol–water partition coefficient (Wildman–Crippen LogP) is 2.52. The van der Waals surface area contributed by atoms with E-state index >= 15 is 0 Å². The lowest BCUT2D eigenvalue weighted by atomic mass is 10.2. The van der Waals surface area contributed by atoms with E-state index in [0.717, 1.165) is 0 Å². The van der Waals surface area contributed by atoms with Crippen molar-refractivity contribution in [1.82, 2.24) is 10.1 Å². The van der Waals surface area contributed by atoms with Gasteiger partial charge in [-0.2, -0.15) is 4.98 Å². The lowest BCUT2D eigenvalue weighted by Crippen LogP contribution is -1.97. The van der Waals surface area contributed by atoms with Gasteiger partial charge in [0.1, 0.15) is 5.78 Å². The van der Waals surface area contributed by atoms with Crippen LogP contribution in [-0.2, 0) is 11.2 Å². The smallest absolute Gasteiger partial charge is 0.259 e. The Balaban J connectivity index is 2.32. The lowest BCUT2D eigenvalue weighted by Gasteiger charge is -1.95. The number of benzene rings is 1. The fourth-order valence-electron chi connectivity index (χ4n) is 1.29. The highest BCUT2D eigenvalue weighted by Crippen LogP contribution is 2.25. The SMILES string of the molecule is CC(=O)Cc1noc(-c2ccccc2Cl)n1. The number of ketones is 1. The van der Waals surface area contributed by atoms with Gasteiger partial charge in [-0.15, -0.1) is 0 Å². The van der Waals surface area contributed by atoms with E-state index in [9.17, 15) is 4.79 Å². The molecular weight excluding hydrogens is 228 g/mol. The molecule has 0 atom stereocenters. The number of hydrogen-bond acceptors (Lipinski definition) is 4. The monoisotopic (exact) mass is 236 g/mol. The molecule has 0 unspecified atom stereocenters. The van der Waals surface area contributed by atoms with E-state index < -0.39 is 0 Å². The van der Waals surface area contributed by atoms with Crippen molar-refractivity contribution >= 4 is 17.4 Å². The summed E-state index contributed by atoms with van der Waals surface area (Å²) in [5.74, 6) is 0.704. The highest BCUT2D eigenvalue weighted by atomic mass is 35.5. The number of carbonyl (C=O) groups is 1. The Morgan fingerprint density at radius 3 is 2.88 bits per heavy atom. The second-order valence-corrected chi connectivity index (χ2v) is 3.78. The number of aromatic nitrogens is 2. The van der Waals surface area contributed by atoms with Gasteiger partial charge in [0.25, 0.3) is 5.89 Å². The van der Waals surface area contributed by atoms with Gasteiger partial charge >= 0.3 is 0 Å². The molecule has 82 valence electrons.